The van der Waals surface area contributed by atoms with Crippen LogP contribution in [-0.4, -0.2) is 46.2 Å². The highest BCUT2D eigenvalue weighted by Gasteiger charge is 2.22. The van der Waals surface area contributed by atoms with Crippen LogP contribution in [0.3, 0.4) is 0 Å². The highest BCUT2D eigenvalue weighted by molar-refractivity contribution is 5.80. The van der Waals surface area contributed by atoms with Crippen molar-refractivity contribution in [3.05, 3.63) is 36.9 Å². The Kier molecular flexibility index (Phi) is 4.65. The zero-order chi connectivity index (χ0) is 15.2. The Bertz CT molecular complexity index is 608. The largest absolute Gasteiger partial charge is 0.368 e. The van der Waals surface area contributed by atoms with E-state index in [1.165, 1.54) is 6.33 Å². The van der Waals surface area contributed by atoms with E-state index in [9.17, 15) is 4.79 Å². The molecule has 0 bridgehead atoms. The Labute approximate surface area is 128 Å². The monoisotopic (exact) mass is 301 g/mol. The number of anilines is 1. The smallest absolute Gasteiger partial charge is 0.249 e. The van der Waals surface area contributed by atoms with Crippen molar-refractivity contribution in [1.29, 1.82) is 0 Å². The van der Waals surface area contributed by atoms with Crippen LogP contribution in [0.15, 0.2) is 36.9 Å². The van der Waals surface area contributed by atoms with Crippen LogP contribution < -0.4 is 10.6 Å². The molecule has 116 valence electrons. The summed E-state index contributed by atoms with van der Waals surface area (Å²) in [7, 11) is 0. The number of nitrogens with one attached hydrogen (secondary N) is 2. The molecule has 0 unspecified atom stereocenters. The number of nitrogens with zero attached hydrogens (tertiary/aromatic N) is 3. The molecule has 0 saturated carbocycles. The molecular weight excluding hydrogens is 282 g/mol. The summed E-state index contributed by atoms with van der Waals surface area (Å²) in [6, 6.07) is 5.74. The van der Waals surface area contributed by atoms with Gasteiger partial charge in [-0.15, -0.1) is 0 Å². The lowest BCUT2D eigenvalue weighted by Gasteiger charge is -2.11. The van der Waals surface area contributed by atoms with Crippen molar-refractivity contribution in [2.45, 2.75) is 18.9 Å². The average molecular weight is 301 g/mol. The van der Waals surface area contributed by atoms with Crippen molar-refractivity contribution in [3.63, 3.8) is 0 Å². The summed E-state index contributed by atoms with van der Waals surface area (Å²) in [5.74, 6) is 1.49. The minimum atomic E-state index is -0.278. The molecule has 1 fully saturated rings. The molecule has 7 heteroatoms. The Hall–Kier alpha value is -2.41. The molecule has 3 heterocycles. The van der Waals surface area contributed by atoms with Crippen molar-refractivity contribution in [2.24, 2.45) is 0 Å². The second-order valence-electron chi connectivity index (χ2n) is 5.07. The Morgan fingerprint density at radius 1 is 1.32 bits per heavy atom. The van der Waals surface area contributed by atoms with Gasteiger partial charge in [-0.2, -0.15) is 0 Å². The lowest BCUT2D eigenvalue weighted by atomic mass is 10.2. The van der Waals surface area contributed by atoms with Crippen LogP contribution >= 0.6 is 0 Å². The lowest BCUT2D eigenvalue weighted by Crippen LogP contribution is -2.36. The Morgan fingerprint density at radius 3 is 2.95 bits per heavy atom. The van der Waals surface area contributed by atoms with Crippen LogP contribution in [0.5, 0.6) is 0 Å². The fourth-order valence-electron chi connectivity index (χ4n) is 2.35. The van der Waals surface area contributed by atoms with Gasteiger partial charge in [0.1, 0.15) is 24.1 Å². The fraction of sp³-hybridized carbons (Fsp3) is 0.400. The maximum absolute atomic E-state index is 11.8. The number of ether oxygens (including phenoxy) is 1. The molecule has 3 rings (SSSR count). The summed E-state index contributed by atoms with van der Waals surface area (Å²) in [6.45, 7) is 1.81. The minimum Gasteiger partial charge on any atom is -0.368 e. The van der Waals surface area contributed by atoms with Crippen LogP contribution in [0.2, 0.25) is 0 Å². The number of aromatic nitrogens is 3. The second-order valence-corrected chi connectivity index (χ2v) is 5.07. The quantitative estimate of drug-likeness (QED) is 0.777. The predicted octanol–water partition coefficient (Wildman–Crippen LogP) is 0.974. The highest BCUT2D eigenvalue weighted by atomic mass is 16.5. The van der Waals surface area contributed by atoms with Crippen molar-refractivity contribution >= 4 is 11.7 Å². The van der Waals surface area contributed by atoms with E-state index in [0.29, 0.717) is 19.7 Å². The van der Waals surface area contributed by atoms with Crippen LogP contribution in [0.4, 0.5) is 5.82 Å². The molecule has 7 nitrogen and oxygen atoms in total. The number of rotatable bonds is 6. The zero-order valence-electron chi connectivity index (χ0n) is 12.2. The van der Waals surface area contributed by atoms with Gasteiger partial charge in [0.05, 0.1) is 0 Å². The summed E-state index contributed by atoms with van der Waals surface area (Å²) in [4.78, 5) is 20.2. The van der Waals surface area contributed by atoms with Crippen LogP contribution in [0.1, 0.15) is 12.8 Å². The number of carbonyl (C=O) groups is 1. The van der Waals surface area contributed by atoms with E-state index in [1.54, 1.807) is 0 Å². The average Bonchev–Trinajstić information content (AvgIpc) is 3.24. The van der Waals surface area contributed by atoms with Crippen molar-refractivity contribution in [1.82, 2.24) is 19.9 Å². The van der Waals surface area contributed by atoms with E-state index in [4.69, 9.17) is 4.74 Å². The van der Waals surface area contributed by atoms with Gasteiger partial charge in [-0.05, 0) is 25.0 Å². The molecule has 22 heavy (non-hydrogen) atoms. The molecule has 1 atom stereocenters. The normalized spacial score (nSPS) is 17.4. The first kappa shape index (κ1) is 14.5. The number of hydrogen-bond acceptors (Lipinski definition) is 5. The number of hydrogen-bond donors (Lipinski definition) is 2. The van der Waals surface area contributed by atoms with E-state index in [0.717, 1.165) is 24.5 Å². The van der Waals surface area contributed by atoms with Crippen molar-refractivity contribution in [3.8, 4) is 5.82 Å². The SMILES string of the molecule is O=C(NCCNc1cc(-n2cccc2)ncn1)[C@H]1CCCO1. The van der Waals surface area contributed by atoms with Gasteiger partial charge >= 0.3 is 0 Å². The van der Waals surface area contributed by atoms with Gasteiger partial charge in [0, 0.05) is 38.2 Å². The lowest BCUT2D eigenvalue weighted by molar-refractivity contribution is -0.129. The van der Waals surface area contributed by atoms with Gasteiger partial charge in [0.25, 0.3) is 0 Å². The molecule has 0 aliphatic carbocycles. The van der Waals surface area contributed by atoms with Crippen LogP contribution in [0.25, 0.3) is 5.82 Å². The molecule has 2 N–H and O–H groups in total. The Balaban J connectivity index is 1.45. The molecule has 2 aromatic heterocycles. The number of carbonyl (C=O) groups excluding carboxylic acids is 1. The van der Waals surface area contributed by atoms with Gasteiger partial charge in [0.15, 0.2) is 0 Å². The highest BCUT2D eigenvalue weighted by Crippen LogP contribution is 2.11. The van der Waals surface area contributed by atoms with Gasteiger partial charge in [-0.3, -0.25) is 4.79 Å². The van der Waals surface area contributed by atoms with Crippen LogP contribution in [-0.2, 0) is 9.53 Å². The molecule has 0 aromatic carbocycles. The van der Waals surface area contributed by atoms with E-state index < -0.39 is 0 Å². The summed E-state index contributed by atoms with van der Waals surface area (Å²) >= 11 is 0. The molecule has 1 amide bonds. The van der Waals surface area contributed by atoms with Gasteiger partial charge in [-0.25, -0.2) is 9.97 Å². The maximum atomic E-state index is 11.8. The first-order valence-corrected chi connectivity index (χ1v) is 7.41. The standard InChI is InChI=1S/C15H19N5O2/c21-15(12-4-3-9-22-12)17-6-5-16-13-10-14(19-11-18-13)20-7-1-2-8-20/h1-2,7-8,10-12H,3-6,9H2,(H,17,21)(H,16,18,19)/t12-/m1/s1. The fourth-order valence-corrected chi connectivity index (χ4v) is 2.35. The summed E-state index contributed by atoms with van der Waals surface area (Å²) in [5, 5.41) is 6.03. The molecule has 0 radical (unpaired) electrons. The second kappa shape index (κ2) is 7.04. The summed E-state index contributed by atoms with van der Waals surface area (Å²) < 4.78 is 7.24. The van der Waals surface area contributed by atoms with Gasteiger partial charge < -0.3 is 19.9 Å². The third-order valence-electron chi connectivity index (χ3n) is 3.47. The minimum absolute atomic E-state index is 0.0324. The molecule has 1 saturated heterocycles. The van der Waals surface area contributed by atoms with Crippen LogP contribution in [0, 0.1) is 0 Å². The summed E-state index contributed by atoms with van der Waals surface area (Å²) in [5.41, 5.74) is 0. The third-order valence-corrected chi connectivity index (χ3v) is 3.47. The van der Waals surface area contributed by atoms with Gasteiger partial charge in [0.2, 0.25) is 5.91 Å². The topological polar surface area (TPSA) is 81.1 Å². The molecule has 1 aliphatic heterocycles. The molecule has 0 spiro atoms. The molecular formula is C15H19N5O2. The zero-order valence-corrected chi connectivity index (χ0v) is 12.2. The first-order chi connectivity index (χ1) is 10.8. The van der Waals surface area contributed by atoms with E-state index >= 15 is 0 Å². The van der Waals surface area contributed by atoms with Gasteiger partial charge in [-0.1, -0.05) is 0 Å². The summed E-state index contributed by atoms with van der Waals surface area (Å²) in [6.07, 6.45) is 6.86. The first-order valence-electron chi connectivity index (χ1n) is 7.41. The van der Waals surface area contributed by atoms with E-state index in [-0.39, 0.29) is 12.0 Å². The molecule has 1 aliphatic rings. The van der Waals surface area contributed by atoms with E-state index in [1.807, 2.05) is 35.2 Å². The number of amides is 1. The van der Waals surface area contributed by atoms with Crippen molar-refractivity contribution in [2.75, 3.05) is 25.0 Å². The predicted molar refractivity (Wildman–Crippen MR) is 81.8 cm³/mol. The Morgan fingerprint density at radius 2 is 2.18 bits per heavy atom. The molecule has 2 aromatic rings. The third kappa shape index (κ3) is 3.62. The van der Waals surface area contributed by atoms with E-state index in [2.05, 4.69) is 20.6 Å². The van der Waals surface area contributed by atoms with Crippen molar-refractivity contribution < 1.29 is 9.53 Å². The maximum Gasteiger partial charge on any atom is 0.249 e.